The fourth-order valence-corrected chi connectivity index (χ4v) is 5.42. The number of aryl methyl sites for hydroxylation is 2. The van der Waals surface area contributed by atoms with Gasteiger partial charge in [0.1, 0.15) is 8.64 Å². The second kappa shape index (κ2) is 11.8. The molecule has 0 aliphatic heterocycles. The normalized spacial score (nSPS) is 10.6. The van der Waals surface area contributed by atoms with Crippen LogP contribution in [0.2, 0.25) is 0 Å². The average Bonchev–Trinajstić information content (AvgIpc) is 2.70. The van der Waals surface area contributed by atoms with Gasteiger partial charge < -0.3 is 9.80 Å². The van der Waals surface area contributed by atoms with Crippen molar-refractivity contribution in [3.05, 3.63) is 70.8 Å². The van der Waals surface area contributed by atoms with Crippen LogP contribution in [0.3, 0.4) is 0 Å². The molecule has 0 aromatic heterocycles. The highest BCUT2D eigenvalue weighted by Gasteiger charge is 2.14. The molecule has 0 saturated carbocycles. The summed E-state index contributed by atoms with van der Waals surface area (Å²) >= 11 is 11.3. The highest BCUT2D eigenvalue weighted by Crippen LogP contribution is 2.29. The van der Waals surface area contributed by atoms with Crippen LogP contribution in [0.5, 0.6) is 0 Å². The van der Waals surface area contributed by atoms with Gasteiger partial charge in [0, 0.05) is 26.2 Å². The Hall–Kier alpha value is -1.08. The van der Waals surface area contributed by atoms with Gasteiger partial charge in [0.25, 0.3) is 0 Å². The average molecular weight is 449 g/mol. The minimum atomic E-state index is 0.830. The summed E-state index contributed by atoms with van der Waals surface area (Å²) in [5.41, 5.74) is 5.10. The van der Waals surface area contributed by atoms with Crippen LogP contribution < -0.4 is 0 Å². The van der Waals surface area contributed by atoms with Crippen LogP contribution in [-0.2, 0) is 13.1 Å². The predicted molar refractivity (Wildman–Crippen MR) is 135 cm³/mol. The molecule has 0 saturated heterocycles. The lowest BCUT2D eigenvalue weighted by Crippen LogP contribution is -2.28. The maximum Gasteiger partial charge on any atom is 0.147 e. The van der Waals surface area contributed by atoms with E-state index in [2.05, 4.69) is 86.0 Å². The van der Waals surface area contributed by atoms with E-state index in [0.717, 1.165) is 34.8 Å². The zero-order valence-electron chi connectivity index (χ0n) is 17.0. The molecular weight excluding hydrogens is 421 g/mol. The van der Waals surface area contributed by atoms with Gasteiger partial charge in [-0.2, -0.15) is 0 Å². The van der Waals surface area contributed by atoms with Crippen molar-refractivity contribution in [2.75, 3.05) is 13.1 Å². The number of hydrogen-bond donors (Lipinski definition) is 0. The molecule has 0 aliphatic carbocycles. The van der Waals surface area contributed by atoms with Gasteiger partial charge in [-0.3, -0.25) is 0 Å². The van der Waals surface area contributed by atoms with Crippen LogP contribution >= 0.6 is 46.0 Å². The molecule has 0 radical (unpaired) electrons. The number of hydrogen-bond acceptors (Lipinski definition) is 4. The Labute approximate surface area is 188 Å². The first-order valence-electron chi connectivity index (χ1n) is 9.46. The van der Waals surface area contributed by atoms with Crippen molar-refractivity contribution in [2.45, 2.75) is 40.8 Å². The molecule has 28 heavy (non-hydrogen) atoms. The van der Waals surface area contributed by atoms with E-state index in [9.17, 15) is 0 Å². The number of rotatable bonds is 6. The quantitative estimate of drug-likeness (QED) is 0.360. The number of benzene rings is 2. The minimum Gasteiger partial charge on any atom is -0.353 e. The van der Waals surface area contributed by atoms with Gasteiger partial charge in [0.15, 0.2) is 0 Å². The van der Waals surface area contributed by atoms with Crippen LogP contribution in [0.25, 0.3) is 0 Å². The Morgan fingerprint density at radius 3 is 1.29 bits per heavy atom. The molecule has 0 heterocycles. The molecule has 2 aromatic rings. The van der Waals surface area contributed by atoms with E-state index in [1.54, 1.807) is 21.6 Å². The fraction of sp³-hybridized carbons (Fsp3) is 0.364. The third kappa shape index (κ3) is 7.39. The topological polar surface area (TPSA) is 6.48 Å². The summed E-state index contributed by atoms with van der Waals surface area (Å²) in [5, 5.41) is 0. The third-order valence-electron chi connectivity index (χ3n) is 4.45. The summed E-state index contributed by atoms with van der Waals surface area (Å²) in [6.07, 6.45) is 0. The lowest BCUT2D eigenvalue weighted by Gasteiger charge is -2.25. The lowest BCUT2D eigenvalue weighted by molar-refractivity contribution is 0.451. The Bertz CT molecular complexity index is 705. The lowest BCUT2D eigenvalue weighted by atomic mass is 10.1. The maximum atomic E-state index is 5.67. The van der Waals surface area contributed by atoms with E-state index in [-0.39, 0.29) is 0 Å². The predicted octanol–water partition coefficient (Wildman–Crippen LogP) is 6.60. The summed E-state index contributed by atoms with van der Waals surface area (Å²) in [6, 6.07) is 17.3. The van der Waals surface area contributed by atoms with Gasteiger partial charge in [0.2, 0.25) is 0 Å². The fourth-order valence-electron chi connectivity index (χ4n) is 2.62. The number of thiocarbonyl (C=S) groups is 2. The van der Waals surface area contributed by atoms with Gasteiger partial charge >= 0.3 is 0 Å². The molecule has 0 spiro atoms. The Morgan fingerprint density at radius 1 is 0.679 bits per heavy atom. The van der Waals surface area contributed by atoms with E-state index in [1.807, 2.05) is 0 Å². The molecule has 0 atom stereocenters. The van der Waals surface area contributed by atoms with E-state index < -0.39 is 0 Å². The SMILES string of the molecule is CCN(Cc1ccc(C)cc1)C(=S)SSC(=S)N(CC)Cc1ccc(C)cc1. The highest BCUT2D eigenvalue weighted by molar-refractivity contribution is 8.89. The van der Waals surface area contributed by atoms with Gasteiger partial charge in [-0.05, 0) is 60.4 Å². The first kappa shape index (κ1) is 23.2. The molecule has 2 nitrogen and oxygen atoms in total. The van der Waals surface area contributed by atoms with Crippen molar-refractivity contribution in [3.63, 3.8) is 0 Å². The Morgan fingerprint density at radius 2 is 1.00 bits per heavy atom. The van der Waals surface area contributed by atoms with Crippen molar-refractivity contribution >= 4 is 54.7 Å². The molecule has 0 N–H and O–H groups in total. The first-order valence-corrected chi connectivity index (χ1v) is 12.4. The monoisotopic (exact) mass is 448 g/mol. The molecule has 0 amide bonds. The van der Waals surface area contributed by atoms with Gasteiger partial charge in [-0.25, -0.2) is 0 Å². The summed E-state index contributed by atoms with van der Waals surface area (Å²) in [6.45, 7) is 11.9. The second-order valence-electron chi connectivity index (χ2n) is 6.70. The first-order chi connectivity index (χ1) is 13.4. The highest BCUT2D eigenvalue weighted by atomic mass is 33.1. The standard InChI is InChI=1S/C22H28N2S4/c1-5-23(15-19-11-7-17(3)8-12-19)21(25)27-28-22(26)24(6-2)16-20-13-9-18(4)10-14-20/h7-14H,5-6,15-16H2,1-4H3. The smallest absolute Gasteiger partial charge is 0.147 e. The van der Waals surface area contributed by atoms with Crippen molar-refractivity contribution < 1.29 is 0 Å². The van der Waals surface area contributed by atoms with Crippen molar-refractivity contribution in [3.8, 4) is 0 Å². The van der Waals surface area contributed by atoms with Crippen LogP contribution in [0, 0.1) is 13.8 Å². The van der Waals surface area contributed by atoms with Gasteiger partial charge in [0.05, 0.1) is 0 Å². The van der Waals surface area contributed by atoms with Crippen LogP contribution in [-0.4, -0.2) is 31.5 Å². The van der Waals surface area contributed by atoms with Gasteiger partial charge in [-0.1, -0.05) is 84.1 Å². The second-order valence-corrected chi connectivity index (χ2v) is 10.1. The van der Waals surface area contributed by atoms with Crippen molar-refractivity contribution in [1.82, 2.24) is 9.80 Å². The summed E-state index contributed by atoms with van der Waals surface area (Å²) in [4.78, 5) is 4.44. The zero-order chi connectivity index (χ0) is 20.5. The number of nitrogens with zero attached hydrogens (tertiary/aromatic N) is 2. The molecule has 2 aromatic carbocycles. The van der Waals surface area contributed by atoms with E-state index in [4.69, 9.17) is 24.4 Å². The van der Waals surface area contributed by atoms with E-state index >= 15 is 0 Å². The van der Waals surface area contributed by atoms with Crippen LogP contribution in [0.1, 0.15) is 36.1 Å². The summed E-state index contributed by atoms with van der Waals surface area (Å²) in [5.74, 6) is 0. The molecular formula is C22H28N2S4. The summed E-state index contributed by atoms with van der Waals surface area (Å²) < 4.78 is 1.75. The van der Waals surface area contributed by atoms with Crippen LogP contribution in [0.4, 0.5) is 0 Å². The Balaban J connectivity index is 1.88. The van der Waals surface area contributed by atoms with Gasteiger partial charge in [-0.15, -0.1) is 0 Å². The molecule has 150 valence electrons. The third-order valence-corrected chi connectivity index (χ3v) is 8.18. The van der Waals surface area contributed by atoms with E-state index in [1.165, 1.54) is 22.3 Å². The zero-order valence-corrected chi connectivity index (χ0v) is 20.2. The largest absolute Gasteiger partial charge is 0.353 e. The van der Waals surface area contributed by atoms with Crippen molar-refractivity contribution in [1.29, 1.82) is 0 Å². The van der Waals surface area contributed by atoms with E-state index in [0.29, 0.717) is 0 Å². The molecule has 6 heteroatoms. The molecule has 0 fully saturated rings. The molecule has 0 bridgehead atoms. The summed E-state index contributed by atoms with van der Waals surface area (Å²) in [7, 11) is 3.17. The molecule has 0 unspecified atom stereocenters. The Kier molecular flexibility index (Phi) is 9.79. The molecule has 2 rings (SSSR count). The molecule has 0 aliphatic rings. The minimum absolute atomic E-state index is 0.830. The van der Waals surface area contributed by atoms with Crippen LogP contribution in [0.15, 0.2) is 48.5 Å². The maximum absolute atomic E-state index is 5.67. The van der Waals surface area contributed by atoms with Crippen molar-refractivity contribution in [2.24, 2.45) is 0 Å².